The van der Waals surface area contributed by atoms with E-state index in [1.165, 1.54) is 0 Å². The molecule has 1 unspecified atom stereocenters. The fourth-order valence-corrected chi connectivity index (χ4v) is 3.10. The number of aliphatic hydroxyl groups excluding tert-OH is 1. The lowest BCUT2D eigenvalue weighted by Crippen LogP contribution is -2.51. The fraction of sp³-hybridized carbons (Fsp3) is 0.533. The van der Waals surface area contributed by atoms with Crippen LogP contribution >= 0.6 is 0 Å². The summed E-state index contributed by atoms with van der Waals surface area (Å²) in [5, 5.41) is 12.6. The molecule has 1 atom stereocenters. The van der Waals surface area contributed by atoms with Gasteiger partial charge in [0, 0.05) is 5.56 Å². The lowest BCUT2D eigenvalue weighted by molar-refractivity contribution is -0.125. The summed E-state index contributed by atoms with van der Waals surface area (Å²) < 4.78 is 5.54. The van der Waals surface area contributed by atoms with Gasteiger partial charge < -0.3 is 15.2 Å². The van der Waals surface area contributed by atoms with Gasteiger partial charge in [0.1, 0.15) is 18.3 Å². The second kappa shape index (κ2) is 4.85. The van der Waals surface area contributed by atoms with Crippen LogP contribution in [-0.4, -0.2) is 29.8 Å². The maximum atomic E-state index is 12.4. The number of fused-ring (bicyclic) bond motifs is 1. The molecule has 0 spiro atoms. The van der Waals surface area contributed by atoms with Crippen LogP contribution < -0.4 is 10.1 Å². The molecule has 0 radical (unpaired) electrons. The second-order valence-corrected chi connectivity index (χ2v) is 5.54. The summed E-state index contributed by atoms with van der Waals surface area (Å²) in [5.41, 5.74) is 0.542. The number of benzene rings is 1. The van der Waals surface area contributed by atoms with Gasteiger partial charge in [-0.25, -0.2) is 0 Å². The summed E-state index contributed by atoms with van der Waals surface area (Å²) in [6, 6.07) is 7.66. The van der Waals surface area contributed by atoms with E-state index in [4.69, 9.17) is 4.74 Å². The van der Waals surface area contributed by atoms with Crippen LogP contribution in [0.1, 0.15) is 37.2 Å². The Morgan fingerprint density at radius 2 is 2.11 bits per heavy atom. The number of carbonyl (C=O) groups excluding carboxylic acids is 1. The molecule has 1 amide bonds. The number of hydrogen-bond acceptors (Lipinski definition) is 3. The summed E-state index contributed by atoms with van der Waals surface area (Å²) in [4.78, 5) is 12.4. The first kappa shape index (κ1) is 12.5. The van der Waals surface area contributed by atoms with E-state index in [0.717, 1.165) is 37.0 Å². The first-order valence-corrected chi connectivity index (χ1v) is 6.89. The third-order valence-corrected chi connectivity index (χ3v) is 4.27. The van der Waals surface area contributed by atoms with Crippen LogP contribution in [0.3, 0.4) is 0 Å². The molecule has 0 bridgehead atoms. The third kappa shape index (κ3) is 2.21. The molecule has 1 aliphatic heterocycles. The smallest absolute Gasteiger partial charge is 0.231 e. The van der Waals surface area contributed by atoms with E-state index in [9.17, 15) is 9.90 Å². The molecule has 1 fully saturated rings. The number of carbonyl (C=O) groups is 1. The van der Waals surface area contributed by atoms with E-state index in [1.54, 1.807) is 0 Å². The summed E-state index contributed by atoms with van der Waals surface area (Å²) in [7, 11) is 0. The van der Waals surface area contributed by atoms with Crippen LogP contribution in [0.5, 0.6) is 5.75 Å². The number of amides is 1. The van der Waals surface area contributed by atoms with Crippen LogP contribution in [0.15, 0.2) is 24.3 Å². The average molecular weight is 261 g/mol. The van der Waals surface area contributed by atoms with Crippen LogP contribution in [0.25, 0.3) is 0 Å². The fourth-order valence-electron chi connectivity index (χ4n) is 3.10. The average Bonchev–Trinajstić information content (AvgIpc) is 3.05. The highest BCUT2D eigenvalue weighted by Crippen LogP contribution is 2.35. The quantitative estimate of drug-likeness (QED) is 0.868. The van der Waals surface area contributed by atoms with Gasteiger partial charge in [-0.2, -0.15) is 0 Å². The van der Waals surface area contributed by atoms with Crippen LogP contribution in [0.2, 0.25) is 0 Å². The molecule has 1 saturated carbocycles. The van der Waals surface area contributed by atoms with Crippen molar-refractivity contribution < 1.29 is 14.6 Å². The standard InChI is InChI=1S/C15H19NO3/c17-10-15(7-3-4-8-15)16-14(18)12-9-19-13-6-2-1-5-11(12)13/h1-2,5-6,12,17H,3-4,7-10H2,(H,16,18). The van der Waals surface area contributed by atoms with E-state index < -0.39 is 5.54 Å². The Balaban J connectivity index is 1.75. The van der Waals surface area contributed by atoms with Gasteiger partial charge >= 0.3 is 0 Å². The van der Waals surface area contributed by atoms with Crippen LogP contribution in [0.4, 0.5) is 0 Å². The predicted octanol–water partition coefficient (Wildman–Crippen LogP) is 1.58. The minimum absolute atomic E-state index is 0.0218. The molecule has 1 aromatic carbocycles. The molecule has 0 aromatic heterocycles. The van der Waals surface area contributed by atoms with Crippen molar-refractivity contribution in [3.05, 3.63) is 29.8 Å². The number of hydrogen-bond donors (Lipinski definition) is 2. The molecule has 3 rings (SSSR count). The molecule has 0 saturated heterocycles. The van der Waals surface area contributed by atoms with Gasteiger partial charge in [0.2, 0.25) is 5.91 Å². The first-order valence-electron chi connectivity index (χ1n) is 6.89. The highest BCUT2D eigenvalue weighted by atomic mass is 16.5. The van der Waals surface area contributed by atoms with Crippen molar-refractivity contribution in [3.8, 4) is 5.75 Å². The van der Waals surface area contributed by atoms with Crippen LogP contribution in [0, 0.1) is 0 Å². The second-order valence-electron chi connectivity index (χ2n) is 5.54. The highest BCUT2D eigenvalue weighted by Gasteiger charge is 2.38. The van der Waals surface area contributed by atoms with Gasteiger partial charge in [-0.1, -0.05) is 31.0 Å². The number of rotatable bonds is 3. The van der Waals surface area contributed by atoms with Crippen molar-refractivity contribution in [2.24, 2.45) is 0 Å². The zero-order valence-corrected chi connectivity index (χ0v) is 10.9. The Hall–Kier alpha value is -1.55. The highest BCUT2D eigenvalue weighted by molar-refractivity contribution is 5.86. The lowest BCUT2D eigenvalue weighted by atomic mass is 9.95. The first-order chi connectivity index (χ1) is 9.24. The van der Waals surface area contributed by atoms with Gasteiger partial charge in [-0.15, -0.1) is 0 Å². The van der Waals surface area contributed by atoms with Gasteiger partial charge in [-0.3, -0.25) is 4.79 Å². The monoisotopic (exact) mass is 261 g/mol. The summed E-state index contributed by atoms with van der Waals surface area (Å²) in [6.45, 7) is 0.417. The topological polar surface area (TPSA) is 58.6 Å². The van der Waals surface area contributed by atoms with Crippen molar-refractivity contribution in [1.82, 2.24) is 5.32 Å². The Morgan fingerprint density at radius 1 is 1.37 bits per heavy atom. The van der Waals surface area contributed by atoms with Crippen molar-refractivity contribution in [2.45, 2.75) is 37.1 Å². The molecule has 1 heterocycles. The Labute approximate surface area is 112 Å². The normalized spacial score (nSPS) is 23.7. The summed E-state index contributed by atoms with van der Waals surface area (Å²) in [5.74, 6) is 0.522. The molecule has 4 heteroatoms. The zero-order chi connectivity index (χ0) is 13.3. The Bertz CT molecular complexity index is 480. The van der Waals surface area contributed by atoms with Crippen molar-refractivity contribution in [2.75, 3.05) is 13.2 Å². The Morgan fingerprint density at radius 3 is 2.84 bits per heavy atom. The third-order valence-electron chi connectivity index (χ3n) is 4.27. The number of para-hydroxylation sites is 1. The van der Waals surface area contributed by atoms with E-state index in [0.29, 0.717) is 6.61 Å². The van der Waals surface area contributed by atoms with E-state index in [2.05, 4.69) is 5.32 Å². The van der Waals surface area contributed by atoms with Crippen LogP contribution in [-0.2, 0) is 4.79 Å². The molecule has 19 heavy (non-hydrogen) atoms. The number of nitrogens with one attached hydrogen (secondary N) is 1. The molecule has 2 aliphatic rings. The van der Waals surface area contributed by atoms with Gasteiger partial charge in [-0.05, 0) is 18.9 Å². The van der Waals surface area contributed by atoms with Crippen molar-refractivity contribution >= 4 is 5.91 Å². The minimum Gasteiger partial charge on any atom is -0.492 e. The van der Waals surface area contributed by atoms with Crippen molar-refractivity contribution in [3.63, 3.8) is 0 Å². The maximum absolute atomic E-state index is 12.4. The number of ether oxygens (including phenoxy) is 1. The predicted molar refractivity (Wildman–Crippen MR) is 71.1 cm³/mol. The lowest BCUT2D eigenvalue weighted by Gasteiger charge is -2.29. The SMILES string of the molecule is O=C(NC1(CO)CCCC1)C1COc2ccccc21. The van der Waals surface area contributed by atoms with E-state index in [1.807, 2.05) is 24.3 Å². The zero-order valence-electron chi connectivity index (χ0n) is 10.9. The van der Waals surface area contributed by atoms with Crippen molar-refractivity contribution in [1.29, 1.82) is 0 Å². The van der Waals surface area contributed by atoms with E-state index in [-0.39, 0.29) is 18.4 Å². The summed E-state index contributed by atoms with van der Waals surface area (Å²) in [6.07, 6.45) is 3.87. The maximum Gasteiger partial charge on any atom is 0.231 e. The Kier molecular flexibility index (Phi) is 3.19. The molecule has 1 aliphatic carbocycles. The largest absolute Gasteiger partial charge is 0.492 e. The van der Waals surface area contributed by atoms with Gasteiger partial charge in [0.05, 0.1) is 12.1 Å². The number of aliphatic hydroxyl groups is 1. The van der Waals surface area contributed by atoms with Gasteiger partial charge in [0.25, 0.3) is 0 Å². The van der Waals surface area contributed by atoms with Gasteiger partial charge in [0.15, 0.2) is 0 Å². The molecular weight excluding hydrogens is 242 g/mol. The molecule has 2 N–H and O–H groups in total. The van der Waals surface area contributed by atoms with E-state index >= 15 is 0 Å². The molecular formula is C15H19NO3. The molecule has 1 aromatic rings. The molecule has 4 nitrogen and oxygen atoms in total. The summed E-state index contributed by atoms with van der Waals surface area (Å²) >= 11 is 0. The minimum atomic E-state index is -0.408. The molecule has 102 valence electrons.